The zero-order valence-electron chi connectivity index (χ0n) is 12.3. The number of hydrogen-bond donors (Lipinski definition) is 1. The van der Waals surface area contributed by atoms with E-state index < -0.39 is 5.97 Å². The molecule has 6 heteroatoms. The number of carboxylic acid groups (broad SMARTS) is 1. The lowest BCUT2D eigenvalue weighted by Gasteiger charge is -2.26. The summed E-state index contributed by atoms with van der Waals surface area (Å²) in [6.45, 7) is 3.43. The summed E-state index contributed by atoms with van der Waals surface area (Å²) in [4.78, 5) is 26.7. The third-order valence-electron chi connectivity index (χ3n) is 3.57. The van der Waals surface area contributed by atoms with E-state index in [0.29, 0.717) is 19.7 Å². The highest BCUT2D eigenvalue weighted by Crippen LogP contribution is 2.10. The van der Waals surface area contributed by atoms with Gasteiger partial charge in [-0.1, -0.05) is 12.8 Å². The van der Waals surface area contributed by atoms with Gasteiger partial charge in [0.2, 0.25) is 5.91 Å². The van der Waals surface area contributed by atoms with Crippen LogP contribution in [0.5, 0.6) is 0 Å². The molecule has 1 aliphatic heterocycles. The van der Waals surface area contributed by atoms with E-state index in [1.54, 1.807) is 7.11 Å². The molecule has 20 heavy (non-hydrogen) atoms. The number of methoxy groups -OCH3 is 1. The molecule has 0 saturated carbocycles. The first-order valence-electron chi connectivity index (χ1n) is 7.34. The normalized spacial score (nSPS) is 16.2. The Morgan fingerprint density at radius 2 is 1.80 bits per heavy atom. The first-order chi connectivity index (χ1) is 9.63. The van der Waals surface area contributed by atoms with E-state index in [2.05, 4.69) is 0 Å². The van der Waals surface area contributed by atoms with Crippen molar-refractivity contribution in [1.82, 2.24) is 9.80 Å². The predicted molar refractivity (Wildman–Crippen MR) is 75.6 cm³/mol. The Morgan fingerprint density at radius 1 is 1.15 bits per heavy atom. The number of carboxylic acids is 1. The maximum atomic E-state index is 12.3. The first-order valence-corrected chi connectivity index (χ1v) is 7.34. The van der Waals surface area contributed by atoms with Crippen molar-refractivity contribution in [3.8, 4) is 0 Å². The van der Waals surface area contributed by atoms with Crippen molar-refractivity contribution in [2.24, 2.45) is 0 Å². The lowest BCUT2D eigenvalue weighted by Crippen LogP contribution is -2.42. The number of hydrogen-bond acceptors (Lipinski definition) is 4. The van der Waals surface area contributed by atoms with Gasteiger partial charge in [0.25, 0.3) is 0 Å². The Labute approximate surface area is 120 Å². The molecule has 1 aliphatic rings. The molecule has 1 heterocycles. The zero-order valence-corrected chi connectivity index (χ0v) is 12.3. The topological polar surface area (TPSA) is 70.1 Å². The van der Waals surface area contributed by atoms with Gasteiger partial charge in [-0.15, -0.1) is 0 Å². The third kappa shape index (κ3) is 6.86. The summed E-state index contributed by atoms with van der Waals surface area (Å²) in [6, 6.07) is 0. The minimum Gasteiger partial charge on any atom is -0.481 e. The van der Waals surface area contributed by atoms with Gasteiger partial charge in [-0.2, -0.15) is 0 Å². The molecule has 1 fully saturated rings. The summed E-state index contributed by atoms with van der Waals surface area (Å²) in [5.41, 5.74) is 0. The van der Waals surface area contributed by atoms with Crippen molar-refractivity contribution in [2.75, 3.05) is 46.4 Å². The molecule has 0 aromatic rings. The maximum absolute atomic E-state index is 12.3. The lowest BCUT2D eigenvalue weighted by atomic mass is 10.2. The maximum Gasteiger partial charge on any atom is 0.304 e. The van der Waals surface area contributed by atoms with Gasteiger partial charge in [0, 0.05) is 33.3 Å². The standard InChI is InChI=1S/C14H26N2O4/c1-20-11-10-15(9-6-14(18)19)12-13(17)16-7-4-2-3-5-8-16/h2-12H2,1H3,(H,18,19). The second-order valence-corrected chi connectivity index (χ2v) is 5.21. The largest absolute Gasteiger partial charge is 0.481 e. The molecule has 0 unspecified atom stereocenters. The summed E-state index contributed by atoms with van der Waals surface area (Å²) >= 11 is 0. The average molecular weight is 286 g/mol. The van der Waals surface area contributed by atoms with Crippen LogP contribution in [0.15, 0.2) is 0 Å². The Morgan fingerprint density at radius 3 is 2.35 bits per heavy atom. The van der Waals surface area contributed by atoms with Gasteiger partial charge in [0.05, 0.1) is 19.6 Å². The van der Waals surface area contributed by atoms with E-state index in [4.69, 9.17) is 9.84 Å². The van der Waals surface area contributed by atoms with Gasteiger partial charge in [-0.05, 0) is 12.8 Å². The minimum atomic E-state index is -0.838. The van der Waals surface area contributed by atoms with Crippen LogP contribution in [-0.4, -0.2) is 73.2 Å². The molecule has 0 aromatic carbocycles. The smallest absolute Gasteiger partial charge is 0.304 e. The molecular formula is C14H26N2O4. The third-order valence-corrected chi connectivity index (χ3v) is 3.57. The highest BCUT2D eigenvalue weighted by molar-refractivity contribution is 5.78. The predicted octanol–water partition coefficient (Wildman–Crippen LogP) is 0.812. The minimum absolute atomic E-state index is 0.0526. The summed E-state index contributed by atoms with van der Waals surface area (Å²) in [5, 5.41) is 8.75. The van der Waals surface area contributed by atoms with Crippen molar-refractivity contribution in [3.63, 3.8) is 0 Å². The van der Waals surface area contributed by atoms with Crippen molar-refractivity contribution < 1.29 is 19.4 Å². The second-order valence-electron chi connectivity index (χ2n) is 5.21. The number of amides is 1. The zero-order chi connectivity index (χ0) is 14.8. The number of likely N-dealkylation sites (tertiary alicyclic amines) is 1. The van der Waals surface area contributed by atoms with Crippen LogP contribution in [0.4, 0.5) is 0 Å². The molecule has 0 radical (unpaired) electrons. The molecular weight excluding hydrogens is 260 g/mol. The molecule has 0 aromatic heterocycles. The monoisotopic (exact) mass is 286 g/mol. The van der Waals surface area contributed by atoms with Gasteiger partial charge in [-0.3, -0.25) is 14.5 Å². The van der Waals surface area contributed by atoms with Gasteiger partial charge in [0.1, 0.15) is 0 Å². The van der Waals surface area contributed by atoms with Crippen LogP contribution in [0.3, 0.4) is 0 Å². The molecule has 1 N–H and O–H groups in total. The molecule has 116 valence electrons. The number of aliphatic carboxylic acids is 1. The summed E-state index contributed by atoms with van der Waals surface area (Å²) in [7, 11) is 1.60. The van der Waals surface area contributed by atoms with Crippen molar-refractivity contribution in [1.29, 1.82) is 0 Å². The quantitative estimate of drug-likeness (QED) is 0.715. The van der Waals surface area contributed by atoms with Crippen molar-refractivity contribution >= 4 is 11.9 Å². The number of ether oxygens (including phenoxy) is 1. The Kier molecular flexibility index (Phi) is 8.22. The Hall–Kier alpha value is -1.14. The Balaban J connectivity index is 2.43. The van der Waals surface area contributed by atoms with Crippen LogP contribution in [-0.2, 0) is 14.3 Å². The molecule has 0 bridgehead atoms. The fourth-order valence-electron chi connectivity index (χ4n) is 2.36. The lowest BCUT2D eigenvalue weighted by molar-refractivity contribution is -0.138. The van der Waals surface area contributed by atoms with Crippen molar-refractivity contribution in [3.05, 3.63) is 0 Å². The average Bonchev–Trinajstić information content (AvgIpc) is 2.70. The van der Waals surface area contributed by atoms with E-state index >= 15 is 0 Å². The van der Waals surface area contributed by atoms with Gasteiger partial charge >= 0.3 is 5.97 Å². The van der Waals surface area contributed by atoms with Gasteiger partial charge < -0.3 is 14.7 Å². The van der Waals surface area contributed by atoms with Crippen LogP contribution in [0.25, 0.3) is 0 Å². The van der Waals surface area contributed by atoms with E-state index in [-0.39, 0.29) is 18.9 Å². The number of carbonyl (C=O) groups is 2. The molecule has 0 atom stereocenters. The highest BCUT2D eigenvalue weighted by atomic mass is 16.5. The van der Waals surface area contributed by atoms with Crippen molar-refractivity contribution in [2.45, 2.75) is 32.1 Å². The fraction of sp³-hybridized carbons (Fsp3) is 0.857. The SMILES string of the molecule is COCCN(CCC(=O)O)CC(=O)N1CCCCCC1. The van der Waals surface area contributed by atoms with Crippen LogP contribution in [0.2, 0.25) is 0 Å². The number of carbonyl (C=O) groups excluding carboxylic acids is 1. The van der Waals surface area contributed by atoms with Gasteiger partial charge in [-0.25, -0.2) is 0 Å². The molecule has 0 aliphatic carbocycles. The van der Waals surface area contributed by atoms with E-state index in [1.165, 1.54) is 12.8 Å². The molecule has 1 saturated heterocycles. The Bertz CT molecular complexity index is 302. The molecule has 0 spiro atoms. The fourth-order valence-corrected chi connectivity index (χ4v) is 2.36. The van der Waals surface area contributed by atoms with Gasteiger partial charge in [0.15, 0.2) is 0 Å². The molecule has 1 amide bonds. The number of rotatable bonds is 8. The van der Waals surface area contributed by atoms with E-state index in [1.807, 2.05) is 9.80 Å². The van der Waals surface area contributed by atoms with E-state index in [0.717, 1.165) is 25.9 Å². The molecule has 6 nitrogen and oxygen atoms in total. The van der Waals surface area contributed by atoms with E-state index in [9.17, 15) is 9.59 Å². The summed E-state index contributed by atoms with van der Waals surface area (Å²) in [6.07, 6.45) is 4.57. The van der Waals surface area contributed by atoms with Crippen LogP contribution in [0, 0.1) is 0 Å². The second kappa shape index (κ2) is 9.72. The van der Waals surface area contributed by atoms with Crippen LogP contribution >= 0.6 is 0 Å². The summed E-state index contributed by atoms with van der Waals surface area (Å²) < 4.78 is 5.01. The first kappa shape index (κ1) is 16.9. The number of nitrogens with zero attached hydrogens (tertiary/aromatic N) is 2. The molecule has 1 rings (SSSR count). The summed E-state index contributed by atoms with van der Waals surface area (Å²) in [5.74, 6) is -0.733. The highest BCUT2D eigenvalue weighted by Gasteiger charge is 2.18. The van der Waals surface area contributed by atoms with Crippen LogP contribution < -0.4 is 0 Å². The van der Waals surface area contributed by atoms with Crippen LogP contribution in [0.1, 0.15) is 32.1 Å².